The predicted molar refractivity (Wildman–Crippen MR) is 87.0 cm³/mol. The van der Waals surface area contributed by atoms with Crippen LogP contribution in [0.3, 0.4) is 0 Å². The molecule has 1 aliphatic heterocycles. The van der Waals surface area contributed by atoms with Gasteiger partial charge in [-0.25, -0.2) is 4.68 Å². The number of carboxylic acid groups (broad SMARTS) is 1. The van der Waals surface area contributed by atoms with E-state index in [1.54, 1.807) is 30.5 Å². The number of carboxylic acids is 1. The molecule has 0 bridgehead atoms. The third-order valence-electron chi connectivity index (χ3n) is 4.32. The number of aliphatic carboxylic acids is 1. The number of likely N-dealkylation sites (tertiary alicyclic amines) is 1. The average molecular weight is 328 g/mol. The van der Waals surface area contributed by atoms with E-state index in [4.69, 9.17) is 5.11 Å². The first kappa shape index (κ1) is 16.2. The zero-order valence-electron chi connectivity index (χ0n) is 13.6. The Kier molecular flexibility index (Phi) is 4.59. The van der Waals surface area contributed by atoms with Crippen LogP contribution in [0.1, 0.15) is 35.8 Å². The first-order valence-electron chi connectivity index (χ1n) is 8.05. The lowest BCUT2D eigenvalue weighted by molar-refractivity contribution is -0.136. The lowest BCUT2D eigenvalue weighted by Crippen LogP contribution is -2.37. The molecule has 24 heavy (non-hydrogen) atoms. The number of amides is 1. The van der Waals surface area contributed by atoms with Crippen molar-refractivity contribution >= 4 is 11.9 Å². The van der Waals surface area contributed by atoms with Crippen molar-refractivity contribution in [3.05, 3.63) is 41.7 Å². The summed E-state index contributed by atoms with van der Waals surface area (Å²) in [6.45, 7) is 3.83. The predicted octanol–water partition coefficient (Wildman–Crippen LogP) is 1.77. The average Bonchev–Trinajstić information content (AvgIpc) is 3.03. The van der Waals surface area contributed by atoms with Gasteiger partial charge in [-0.15, -0.1) is 5.10 Å². The quantitative estimate of drug-likeness (QED) is 0.924. The molecule has 0 aliphatic carbocycles. The minimum absolute atomic E-state index is 0.0543. The monoisotopic (exact) mass is 328 g/mol. The van der Waals surface area contributed by atoms with Crippen molar-refractivity contribution < 1.29 is 14.7 Å². The Bertz CT molecular complexity index is 731. The summed E-state index contributed by atoms with van der Waals surface area (Å²) in [7, 11) is 0. The fraction of sp³-hybridized carbons (Fsp3) is 0.412. The van der Waals surface area contributed by atoms with E-state index in [1.807, 2.05) is 4.90 Å². The molecule has 1 N–H and O–H groups in total. The molecular weight excluding hydrogens is 308 g/mol. The van der Waals surface area contributed by atoms with Crippen LogP contribution in [0.4, 0.5) is 0 Å². The van der Waals surface area contributed by atoms with Crippen LogP contribution in [0, 0.1) is 5.92 Å². The van der Waals surface area contributed by atoms with Gasteiger partial charge in [0.25, 0.3) is 5.91 Å². The maximum atomic E-state index is 12.5. The first-order valence-corrected chi connectivity index (χ1v) is 8.05. The van der Waals surface area contributed by atoms with Crippen molar-refractivity contribution in [2.45, 2.75) is 26.2 Å². The highest BCUT2D eigenvalue weighted by Gasteiger charge is 2.21. The van der Waals surface area contributed by atoms with Gasteiger partial charge in [0.1, 0.15) is 0 Å². The number of aromatic nitrogens is 3. The Morgan fingerprint density at radius 2 is 1.88 bits per heavy atom. The van der Waals surface area contributed by atoms with Crippen LogP contribution in [-0.2, 0) is 11.2 Å². The third-order valence-corrected chi connectivity index (χ3v) is 4.32. The van der Waals surface area contributed by atoms with Crippen molar-refractivity contribution in [2.24, 2.45) is 5.92 Å². The van der Waals surface area contributed by atoms with Gasteiger partial charge in [-0.2, -0.15) is 0 Å². The van der Waals surface area contributed by atoms with Crippen molar-refractivity contribution in [2.75, 3.05) is 13.1 Å². The Morgan fingerprint density at radius 1 is 1.21 bits per heavy atom. The molecule has 1 saturated heterocycles. The van der Waals surface area contributed by atoms with E-state index in [-0.39, 0.29) is 12.3 Å². The Hall–Kier alpha value is -2.70. The Morgan fingerprint density at radius 3 is 2.50 bits per heavy atom. The lowest BCUT2D eigenvalue weighted by Gasteiger charge is -2.30. The van der Waals surface area contributed by atoms with Crippen molar-refractivity contribution in [1.29, 1.82) is 0 Å². The molecule has 0 radical (unpaired) electrons. The minimum atomic E-state index is -0.946. The summed E-state index contributed by atoms with van der Waals surface area (Å²) in [5, 5.41) is 16.5. The van der Waals surface area contributed by atoms with Gasteiger partial charge in [0.2, 0.25) is 0 Å². The molecule has 1 aromatic carbocycles. The van der Waals surface area contributed by atoms with Gasteiger partial charge in [0, 0.05) is 18.7 Å². The van der Waals surface area contributed by atoms with E-state index in [9.17, 15) is 9.59 Å². The van der Waals surface area contributed by atoms with Crippen LogP contribution in [0.15, 0.2) is 30.5 Å². The number of hydrogen-bond acceptors (Lipinski definition) is 4. The number of benzene rings is 1. The second-order valence-electron chi connectivity index (χ2n) is 6.25. The molecule has 0 saturated carbocycles. The van der Waals surface area contributed by atoms with Gasteiger partial charge in [-0.1, -0.05) is 12.1 Å². The summed E-state index contributed by atoms with van der Waals surface area (Å²) in [6.07, 6.45) is 3.52. The van der Waals surface area contributed by atoms with Gasteiger partial charge in [0.05, 0.1) is 24.0 Å². The number of hydrogen-bond donors (Lipinski definition) is 1. The molecule has 0 unspecified atom stereocenters. The third kappa shape index (κ3) is 3.61. The molecule has 1 aromatic heterocycles. The first-order chi connectivity index (χ1) is 11.5. The SMILES string of the molecule is CC1CCN(C(=O)c2ccc(-n3cc(CC(=O)O)nn3)cc2)CC1. The molecule has 2 heterocycles. The van der Waals surface area contributed by atoms with E-state index < -0.39 is 5.97 Å². The number of rotatable bonds is 4. The van der Waals surface area contributed by atoms with E-state index in [0.717, 1.165) is 31.6 Å². The van der Waals surface area contributed by atoms with Crippen LogP contribution in [-0.4, -0.2) is 50.0 Å². The zero-order valence-corrected chi connectivity index (χ0v) is 13.6. The van der Waals surface area contributed by atoms with Gasteiger partial charge in [0.15, 0.2) is 0 Å². The van der Waals surface area contributed by atoms with Crippen LogP contribution in [0.5, 0.6) is 0 Å². The second kappa shape index (κ2) is 6.82. The summed E-state index contributed by atoms with van der Waals surface area (Å²) >= 11 is 0. The number of carbonyl (C=O) groups is 2. The Labute approximate surface area is 139 Å². The summed E-state index contributed by atoms with van der Waals surface area (Å²) in [5.74, 6) is -0.207. The Balaban J connectivity index is 1.70. The van der Waals surface area contributed by atoms with Crippen molar-refractivity contribution in [3.8, 4) is 5.69 Å². The van der Waals surface area contributed by atoms with E-state index in [2.05, 4.69) is 17.2 Å². The molecule has 1 aliphatic rings. The van der Waals surface area contributed by atoms with Crippen LogP contribution in [0.2, 0.25) is 0 Å². The van der Waals surface area contributed by atoms with E-state index in [0.29, 0.717) is 17.2 Å². The molecule has 0 spiro atoms. The summed E-state index contributed by atoms with van der Waals surface area (Å²) in [6, 6.07) is 7.13. The number of piperidine rings is 1. The number of nitrogens with zero attached hydrogens (tertiary/aromatic N) is 4. The molecule has 2 aromatic rings. The number of carbonyl (C=O) groups excluding carboxylic acids is 1. The van der Waals surface area contributed by atoms with Gasteiger partial charge in [-0.3, -0.25) is 9.59 Å². The topological polar surface area (TPSA) is 88.3 Å². The van der Waals surface area contributed by atoms with Crippen molar-refractivity contribution in [1.82, 2.24) is 19.9 Å². The van der Waals surface area contributed by atoms with Crippen molar-refractivity contribution in [3.63, 3.8) is 0 Å². The largest absolute Gasteiger partial charge is 0.481 e. The normalized spacial score (nSPS) is 15.5. The zero-order chi connectivity index (χ0) is 17.1. The summed E-state index contributed by atoms with van der Waals surface area (Å²) < 4.78 is 1.51. The highest BCUT2D eigenvalue weighted by atomic mass is 16.4. The van der Waals surface area contributed by atoms with Gasteiger partial charge >= 0.3 is 5.97 Å². The molecule has 7 nitrogen and oxygen atoms in total. The summed E-state index contributed by atoms with van der Waals surface area (Å²) in [4.78, 5) is 25.1. The molecular formula is C17H20N4O3. The van der Waals surface area contributed by atoms with Crippen LogP contribution >= 0.6 is 0 Å². The second-order valence-corrected chi connectivity index (χ2v) is 6.25. The molecule has 126 valence electrons. The summed E-state index contributed by atoms with van der Waals surface area (Å²) in [5.41, 5.74) is 1.78. The van der Waals surface area contributed by atoms with E-state index in [1.165, 1.54) is 4.68 Å². The minimum Gasteiger partial charge on any atom is -0.481 e. The maximum absolute atomic E-state index is 12.5. The van der Waals surface area contributed by atoms with Crippen LogP contribution < -0.4 is 0 Å². The van der Waals surface area contributed by atoms with Gasteiger partial charge < -0.3 is 10.0 Å². The smallest absolute Gasteiger partial charge is 0.309 e. The highest BCUT2D eigenvalue weighted by Crippen LogP contribution is 2.19. The molecule has 3 rings (SSSR count). The fourth-order valence-electron chi connectivity index (χ4n) is 2.81. The molecule has 1 fully saturated rings. The molecule has 1 amide bonds. The standard InChI is InChI=1S/C17H20N4O3/c1-12-6-8-20(9-7-12)17(24)13-2-4-15(5-3-13)21-11-14(18-19-21)10-16(22)23/h2-5,11-12H,6-10H2,1H3,(H,22,23). The van der Waals surface area contributed by atoms with Gasteiger partial charge in [-0.05, 0) is 43.0 Å². The fourth-order valence-corrected chi connectivity index (χ4v) is 2.81. The molecule has 7 heteroatoms. The van der Waals surface area contributed by atoms with Crippen LogP contribution in [0.25, 0.3) is 5.69 Å². The van der Waals surface area contributed by atoms with E-state index >= 15 is 0 Å². The molecule has 0 atom stereocenters. The highest BCUT2D eigenvalue weighted by molar-refractivity contribution is 5.94. The maximum Gasteiger partial charge on any atom is 0.309 e. The lowest BCUT2D eigenvalue weighted by atomic mass is 9.98.